The summed E-state index contributed by atoms with van der Waals surface area (Å²) in [6, 6.07) is 11.1. The van der Waals surface area contributed by atoms with Gasteiger partial charge >= 0.3 is 5.97 Å². The maximum atomic E-state index is 13.9. The molecule has 0 aromatic heterocycles. The first kappa shape index (κ1) is 18.7. The Kier molecular flexibility index (Phi) is 5.30. The standard InChI is InChI=1S/C20H20FNO5/c1-26-14-5-3-4-12(8-14)15-10-22(11-16(15)20(24)25)19(23)13-6-7-18(27-2)17(21)9-13/h3-9,15-16H,10-11H2,1-2H3,(H,24,25)/t15-,16+/m1/s1. The number of amides is 1. The summed E-state index contributed by atoms with van der Waals surface area (Å²) in [5.41, 5.74) is 0.946. The summed E-state index contributed by atoms with van der Waals surface area (Å²) in [4.78, 5) is 26.0. The number of benzene rings is 2. The van der Waals surface area contributed by atoms with Gasteiger partial charge in [0.25, 0.3) is 5.91 Å². The largest absolute Gasteiger partial charge is 0.497 e. The van der Waals surface area contributed by atoms with Crippen molar-refractivity contribution in [2.24, 2.45) is 5.92 Å². The normalized spacial score (nSPS) is 19.0. The van der Waals surface area contributed by atoms with Crippen molar-refractivity contribution in [3.05, 3.63) is 59.4 Å². The number of carbonyl (C=O) groups excluding carboxylic acids is 1. The molecule has 2 aromatic rings. The summed E-state index contributed by atoms with van der Waals surface area (Å²) in [5, 5.41) is 9.61. The van der Waals surface area contributed by atoms with Crippen molar-refractivity contribution < 1.29 is 28.6 Å². The zero-order chi connectivity index (χ0) is 19.6. The van der Waals surface area contributed by atoms with E-state index in [9.17, 15) is 19.1 Å². The number of carboxylic acids is 1. The number of hydrogen-bond acceptors (Lipinski definition) is 4. The van der Waals surface area contributed by atoms with Gasteiger partial charge in [-0.05, 0) is 35.9 Å². The number of nitrogens with zero attached hydrogens (tertiary/aromatic N) is 1. The number of aliphatic carboxylic acids is 1. The lowest BCUT2D eigenvalue weighted by Gasteiger charge is -2.17. The molecular weight excluding hydrogens is 353 g/mol. The lowest BCUT2D eigenvalue weighted by Crippen LogP contribution is -2.30. The lowest BCUT2D eigenvalue weighted by atomic mass is 9.89. The molecular formula is C20H20FNO5. The minimum Gasteiger partial charge on any atom is -0.497 e. The second-order valence-corrected chi connectivity index (χ2v) is 6.39. The summed E-state index contributed by atoms with van der Waals surface area (Å²) in [6.07, 6.45) is 0. The third-order valence-electron chi connectivity index (χ3n) is 4.84. The monoisotopic (exact) mass is 373 g/mol. The summed E-state index contributed by atoms with van der Waals surface area (Å²) in [6.45, 7) is 0.292. The molecule has 0 radical (unpaired) electrons. The van der Waals surface area contributed by atoms with Gasteiger partial charge in [0.05, 0.1) is 20.1 Å². The predicted molar refractivity (Wildman–Crippen MR) is 95.7 cm³/mol. The van der Waals surface area contributed by atoms with E-state index in [-0.39, 0.29) is 30.3 Å². The van der Waals surface area contributed by atoms with Crippen LogP contribution < -0.4 is 9.47 Å². The first-order valence-corrected chi connectivity index (χ1v) is 8.44. The molecule has 1 aliphatic rings. The molecule has 7 heteroatoms. The molecule has 27 heavy (non-hydrogen) atoms. The number of likely N-dealkylation sites (tertiary alicyclic amines) is 1. The topological polar surface area (TPSA) is 76.1 Å². The van der Waals surface area contributed by atoms with E-state index < -0.39 is 23.6 Å². The molecule has 1 fully saturated rings. The highest BCUT2D eigenvalue weighted by Crippen LogP contribution is 2.35. The molecule has 2 atom stereocenters. The number of methoxy groups -OCH3 is 2. The minimum absolute atomic E-state index is 0.0469. The van der Waals surface area contributed by atoms with Gasteiger partial charge in [0, 0.05) is 24.6 Å². The molecule has 3 rings (SSSR count). The van der Waals surface area contributed by atoms with E-state index in [0.29, 0.717) is 5.75 Å². The lowest BCUT2D eigenvalue weighted by molar-refractivity contribution is -0.141. The average molecular weight is 373 g/mol. The Hall–Kier alpha value is -3.09. The van der Waals surface area contributed by atoms with E-state index in [2.05, 4.69) is 0 Å². The second kappa shape index (κ2) is 7.65. The van der Waals surface area contributed by atoms with E-state index in [1.165, 1.54) is 31.3 Å². The van der Waals surface area contributed by atoms with Gasteiger partial charge in [-0.15, -0.1) is 0 Å². The van der Waals surface area contributed by atoms with Crippen molar-refractivity contribution in [1.82, 2.24) is 4.90 Å². The Balaban J connectivity index is 1.86. The minimum atomic E-state index is -0.973. The summed E-state index contributed by atoms with van der Waals surface area (Å²) in [5.74, 6) is -2.47. The fourth-order valence-electron chi connectivity index (χ4n) is 3.41. The molecule has 1 amide bonds. The summed E-state index contributed by atoms with van der Waals surface area (Å²) >= 11 is 0. The number of carboxylic acid groups (broad SMARTS) is 1. The molecule has 6 nitrogen and oxygen atoms in total. The van der Waals surface area contributed by atoms with Crippen LogP contribution in [0.25, 0.3) is 0 Å². The van der Waals surface area contributed by atoms with Gasteiger partial charge in [0.1, 0.15) is 5.75 Å². The summed E-state index contributed by atoms with van der Waals surface area (Å²) < 4.78 is 24.0. The molecule has 1 aliphatic heterocycles. The molecule has 2 aromatic carbocycles. The predicted octanol–water partition coefficient (Wildman–Crippen LogP) is 2.78. The quantitative estimate of drug-likeness (QED) is 0.872. The van der Waals surface area contributed by atoms with Crippen LogP contribution in [0.1, 0.15) is 21.8 Å². The molecule has 1 heterocycles. The van der Waals surface area contributed by atoms with Crippen molar-refractivity contribution >= 4 is 11.9 Å². The second-order valence-electron chi connectivity index (χ2n) is 6.39. The van der Waals surface area contributed by atoms with Crippen molar-refractivity contribution in [2.75, 3.05) is 27.3 Å². The van der Waals surface area contributed by atoms with Gasteiger partial charge in [-0.3, -0.25) is 9.59 Å². The van der Waals surface area contributed by atoms with E-state index in [1.54, 1.807) is 18.2 Å². The molecule has 1 N–H and O–H groups in total. The smallest absolute Gasteiger partial charge is 0.308 e. The van der Waals surface area contributed by atoms with E-state index in [4.69, 9.17) is 9.47 Å². The molecule has 0 aliphatic carbocycles. The fourth-order valence-corrected chi connectivity index (χ4v) is 3.41. The van der Waals surface area contributed by atoms with Crippen LogP contribution in [-0.4, -0.2) is 49.2 Å². The third kappa shape index (κ3) is 3.72. The highest BCUT2D eigenvalue weighted by atomic mass is 19.1. The first-order chi connectivity index (χ1) is 12.9. The zero-order valence-electron chi connectivity index (χ0n) is 15.0. The van der Waals surface area contributed by atoms with Crippen LogP contribution in [0.2, 0.25) is 0 Å². The molecule has 142 valence electrons. The Labute approximate surface area is 156 Å². The van der Waals surface area contributed by atoms with Crippen LogP contribution in [0.5, 0.6) is 11.5 Å². The Morgan fingerprint density at radius 2 is 1.89 bits per heavy atom. The van der Waals surface area contributed by atoms with E-state index in [0.717, 1.165) is 11.6 Å². The van der Waals surface area contributed by atoms with Crippen molar-refractivity contribution in [1.29, 1.82) is 0 Å². The molecule has 0 saturated carbocycles. The number of halogens is 1. The third-order valence-corrected chi connectivity index (χ3v) is 4.84. The van der Waals surface area contributed by atoms with Gasteiger partial charge in [0.2, 0.25) is 0 Å². The van der Waals surface area contributed by atoms with Crippen LogP contribution in [0.4, 0.5) is 4.39 Å². The van der Waals surface area contributed by atoms with Crippen molar-refractivity contribution in [3.8, 4) is 11.5 Å². The maximum absolute atomic E-state index is 13.9. The highest BCUT2D eigenvalue weighted by molar-refractivity contribution is 5.95. The van der Waals surface area contributed by atoms with Gasteiger partial charge in [-0.1, -0.05) is 12.1 Å². The Morgan fingerprint density at radius 1 is 1.11 bits per heavy atom. The number of carbonyl (C=O) groups is 2. The van der Waals surface area contributed by atoms with Gasteiger partial charge < -0.3 is 19.5 Å². The van der Waals surface area contributed by atoms with Crippen LogP contribution >= 0.6 is 0 Å². The number of rotatable bonds is 5. The van der Waals surface area contributed by atoms with Crippen LogP contribution in [0.15, 0.2) is 42.5 Å². The molecule has 0 unspecified atom stereocenters. The summed E-state index contributed by atoms with van der Waals surface area (Å²) in [7, 11) is 2.88. The van der Waals surface area contributed by atoms with Gasteiger partial charge in [-0.25, -0.2) is 4.39 Å². The van der Waals surface area contributed by atoms with Gasteiger partial charge in [-0.2, -0.15) is 0 Å². The number of hydrogen-bond donors (Lipinski definition) is 1. The first-order valence-electron chi connectivity index (χ1n) is 8.44. The molecule has 1 saturated heterocycles. The van der Waals surface area contributed by atoms with Crippen LogP contribution in [-0.2, 0) is 4.79 Å². The van der Waals surface area contributed by atoms with Crippen molar-refractivity contribution in [3.63, 3.8) is 0 Å². The maximum Gasteiger partial charge on any atom is 0.308 e. The fraction of sp³-hybridized carbons (Fsp3) is 0.300. The Morgan fingerprint density at radius 3 is 2.52 bits per heavy atom. The SMILES string of the molecule is COc1cccc([C@H]2CN(C(=O)c3ccc(OC)c(F)c3)C[C@@H]2C(=O)O)c1. The highest BCUT2D eigenvalue weighted by Gasteiger charge is 2.40. The van der Waals surface area contributed by atoms with E-state index in [1.807, 2.05) is 6.07 Å². The van der Waals surface area contributed by atoms with Crippen molar-refractivity contribution in [2.45, 2.75) is 5.92 Å². The average Bonchev–Trinajstić information content (AvgIpc) is 3.13. The van der Waals surface area contributed by atoms with Crippen LogP contribution in [0, 0.1) is 11.7 Å². The van der Waals surface area contributed by atoms with Gasteiger partial charge in [0.15, 0.2) is 11.6 Å². The molecule has 0 bridgehead atoms. The Bertz CT molecular complexity index is 869. The molecule has 0 spiro atoms. The van der Waals surface area contributed by atoms with Crippen LogP contribution in [0.3, 0.4) is 0 Å². The zero-order valence-corrected chi connectivity index (χ0v) is 15.0. The van der Waals surface area contributed by atoms with E-state index >= 15 is 0 Å². The number of ether oxygens (including phenoxy) is 2.